The summed E-state index contributed by atoms with van der Waals surface area (Å²) in [7, 11) is 0. The molecule has 2 aliphatic rings. The Morgan fingerprint density at radius 1 is 0.941 bits per heavy atom. The van der Waals surface area contributed by atoms with Gasteiger partial charge in [0.25, 0.3) is 0 Å². The molecule has 0 amide bonds. The molecule has 1 radical (unpaired) electrons. The molecular formula is C12H13CoN2O2-. The predicted octanol–water partition coefficient (Wildman–Crippen LogP) is 2.87. The first kappa shape index (κ1) is 13.9. The molecule has 0 heterocycles. The maximum atomic E-state index is 10.3. The summed E-state index contributed by atoms with van der Waals surface area (Å²) in [5, 5.41) is 5.85. The minimum Gasteiger partial charge on any atom is -0.214 e. The molecule has 5 heteroatoms. The average Bonchev–Trinajstić information content (AvgIpc) is 3.04. The van der Waals surface area contributed by atoms with Crippen molar-refractivity contribution in [3.8, 4) is 0 Å². The second kappa shape index (κ2) is 6.51. The summed E-state index contributed by atoms with van der Waals surface area (Å²) in [6.45, 7) is 0. The van der Waals surface area contributed by atoms with Crippen LogP contribution in [0, 0.1) is 21.6 Å². The predicted molar refractivity (Wildman–Crippen MR) is 61.9 cm³/mol. The van der Waals surface area contributed by atoms with E-state index in [1.807, 2.05) is 42.5 Å². The van der Waals surface area contributed by atoms with Gasteiger partial charge in [-0.2, -0.15) is 28.0 Å². The summed E-state index contributed by atoms with van der Waals surface area (Å²) in [6.07, 6.45) is 4.82. The van der Waals surface area contributed by atoms with E-state index in [9.17, 15) is 9.81 Å². The van der Waals surface area contributed by atoms with Gasteiger partial charge in [-0.25, -0.2) is 12.1 Å². The number of nitrogens with zero attached hydrogens (tertiary/aromatic N) is 2. The fraction of sp³-hybridized carbons (Fsp3) is 0.417. The monoisotopic (exact) mass is 276 g/mol. The van der Waals surface area contributed by atoms with E-state index in [0.717, 1.165) is 6.42 Å². The zero-order valence-electron chi connectivity index (χ0n) is 9.10. The van der Waals surface area contributed by atoms with E-state index >= 15 is 0 Å². The van der Waals surface area contributed by atoms with Crippen molar-refractivity contribution in [2.45, 2.75) is 18.5 Å². The van der Waals surface area contributed by atoms with Crippen molar-refractivity contribution in [2.75, 3.05) is 0 Å². The van der Waals surface area contributed by atoms with E-state index in [1.54, 1.807) is 0 Å². The summed E-state index contributed by atoms with van der Waals surface area (Å²) < 4.78 is 0. The van der Waals surface area contributed by atoms with E-state index in [4.69, 9.17) is 0 Å². The number of rotatable bonds is 2. The second-order valence-electron chi connectivity index (χ2n) is 4.10. The van der Waals surface area contributed by atoms with Gasteiger partial charge in [-0.15, -0.1) is 0 Å². The van der Waals surface area contributed by atoms with Crippen LogP contribution in [0.3, 0.4) is 0 Å². The maximum Gasteiger partial charge on any atom is 0.124 e. The fourth-order valence-electron chi connectivity index (χ4n) is 2.37. The summed E-state index contributed by atoms with van der Waals surface area (Å²) >= 11 is 0. The Morgan fingerprint density at radius 3 is 1.71 bits per heavy atom. The van der Waals surface area contributed by atoms with Crippen LogP contribution in [0.4, 0.5) is 0 Å². The van der Waals surface area contributed by atoms with Gasteiger partial charge >= 0.3 is 0 Å². The standard InChI is InChI=1S/C7H8N2O2.C5H5.Co/c10-8-6-4-1-2-5(3-4)7(6)9-11;1-2-4-5-3-1;/h1-2,4-7H,3H2;1-5H;/q;-1;. The van der Waals surface area contributed by atoms with E-state index in [-0.39, 0.29) is 40.7 Å². The Kier molecular flexibility index (Phi) is 5.31. The van der Waals surface area contributed by atoms with Crippen molar-refractivity contribution >= 4 is 0 Å². The Hall–Kier alpha value is -1.20. The van der Waals surface area contributed by atoms with Crippen molar-refractivity contribution < 1.29 is 16.8 Å². The molecule has 0 N–H and O–H groups in total. The normalized spacial score (nSPS) is 32.2. The van der Waals surface area contributed by atoms with Gasteiger partial charge in [0, 0.05) is 28.6 Å². The molecule has 1 aromatic rings. The van der Waals surface area contributed by atoms with Crippen LogP contribution in [0.25, 0.3) is 0 Å². The van der Waals surface area contributed by atoms with Crippen molar-refractivity contribution in [1.29, 1.82) is 0 Å². The third kappa shape index (κ3) is 2.92. The van der Waals surface area contributed by atoms with Gasteiger partial charge in [-0.05, 0) is 6.42 Å². The molecule has 1 aromatic carbocycles. The van der Waals surface area contributed by atoms with E-state index < -0.39 is 0 Å². The van der Waals surface area contributed by atoms with Gasteiger partial charge in [-0.3, -0.25) is 0 Å². The maximum absolute atomic E-state index is 10.3. The third-order valence-corrected chi connectivity index (χ3v) is 3.18. The van der Waals surface area contributed by atoms with E-state index in [1.165, 1.54) is 0 Å². The van der Waals surface area contributed by atoms with Gasteiger partial charge in [0.1, 0.15) is 12.1 Å². The molecule has 93 valence electrons. The smallest absolute Gasteiger partial charge is 0.124 e. The molecule has 3 rings (SSSR count). The van der Waals surface area contributed by atoms with E-state index in [2.05, 4.69) is 10.4 Å². The number of nitroso groups, excluding NO2 is 2. The summed E-state index contributed by atoms with van der Waals surface area (Å²) in [5.41, 5.74) is 0. The molecule has 2 aliphatic carbocycles. The SMILES string of the molecule is O=NC1C2C=CC(C2)C1N=O.[Co].c1cc[cH-]c1. The molecule has 4 atom stereocenters. The number of hydrogen-bond acceptors (Lipinski definition) is 4. The summed E-state index contributed by atoms with van der Waals surface area (Å²) in [4.78, 5) is 20.6. The van der Waals surface area contributed by atoms with Crippen LogP contribution in [0.2, 0.25) is 0 Å². The number of hydrogen-bond donors (Lipinski definition) is 0. The molecule has 4 nitrogen and oxygen atoms in total. The van der Waals surface area contributed by atoms with Crippen LogP contribution in [0.15, 0.2) is 52.8 Å². The first-order valence-corrected chi connectivity index (χ1v) is 5.36. The summed E-state index contributed by atoms with van der Waals surface area (Å²) in [5.74, 6) is 0.361. The molecule has 1 fully saturated rings. The Bertz CT molecular complexity index is 339. The molecule has 4 unspecified atom stereocenters. The van der Waals surface area contributed by atoms with Crippen LogP contribution in [0.5, 0.6) is 0 Å². The van der Waals surface area contributed by atoms with Gasteiger partial charge in [0.15, 0.2) is 0 Å². The van der Waals surface area contributed by atoms with Crippen LogP contribution < -0.4 is 0 Å². The quantitative estimate of drug-likeness (QED) is 0.473. The van der Waals surface area contributed by atoms with Crippen molar-refractivity contribution in [2.24, 2.45) is 22.2 Å². The van der Waals surface area contributed by atoms with Crippen LogP contribution in [-0.4, -0.2) is 12.1 Å². The Morgan fingerprint density at radius 2 is 1.41 bits per heavy atom. The number of fused-ring (bicyclic) bond motifs is 2. The molecule has 0 aliphatic heterocycles. The molecule has 0 spiro atoms. The molecule has 1 saturated carbocycles. The first-order valence-electron chi connectivity index (χ1n) is 5.36. The van der Waals surface area contributed by atoms with Gasteiger partial charge in [0.05, 0.1) is 0 Å². The van der Waals surface area contributed by atoms with Crippen LogP contribution in [-0.2, 0) is 16.8 Å². The third-order valence-electron chi connectivity index (χ3n) is 3.18. The molecule has 2 bridgehead atoms. The molecule has 0 aromatic heterocycles. The van der Waals surface area contributed by atoms with Gasteiger partial charge < -0.3 is 0 Å². The Balaban J connectivity index is 0.000000205. The molecule has 0 saturated heterocycles. The minimum absolute atomic E-state index is 0. The largest absolute Gasteiger partial charge is 0.214 e. The summed E-state index contributed by atoms with van der Waals surface area (Å²) in [6, 6.07) is 9.23. The van der Waals surface area contributed by atoms with Gasteiger partial charge in [0.2, 0.25) is 0 Å². The van der Waals surface area contributed by atoms with Crippen molar-refractivity contribution in [1.82, 2.24) is 0 Å². The first-order chi connectivity index (χ1) is 7.86. The molecular weight excluding hydrogens is 263 g/mol. The van der Waals surface area contributed by atoms with Crippen molar-refractivity contribution in [3.63, 3.8) is 0 Å². The van der Waals surface area contributed by atoms with Crippen LogP contribution >= 0.6 is 0 Å². The Labute approximate surface area is 110 Å². The topological polar surface area (TPSA) is 58.9 Å². The average molecular weight is 276 g/mol. The molecule has 17 heavy (non-hydrogen) atoms. The zero-order valence-corrected chi connectivity index (χ0v) is 10.1. The second-order valence-corrected chi connectivity index (χ2v) is 4.10. The van der Waals surface area contributed by atoms with Crippen LogP contribution in [0.1, 0.15) is 6.42 Å². The van der Waals surface area contributed by atoms with Crippen molar-refractivity contribution in [3.05, 3.63) is 52.3 Å². The zero-order chi connectivity index (χ0) is 11.4. The minimum atomic E-state index is -0.387. The van der Waals surface area contributed by atoms with Gasteiger partial charge in [-0.1, -0.05) is 22.5 Å². The van der Waals surface area contributed by atoms with E-state index in [0.29, 0.717) is 0 Å². The fourth-order valence-corrected chi connectivity index (χ4v) is 2.37.